The fourth-order valence-corrected chi connectivity index (χ4v) is 2.02. The topological polar surface area (TPSA) is 21.3 Å². The van der Waals surface area contributed by atoms with Crippen LogP contribution in [0, 0.1) is 11.6 Å². The molecule has 0 aliphatic carbocycles. The summed E-state index contributed by atoms with van der Waals surface area (Å²) in [5.74, 6) is -1.00. The zero-order chi connectivity index (χ0) is 11.0. The third-order valence-electron chi connectivity index (χ3n) is 2.73. The first-order chi connectivity index (χ1) is 7.17. The molecule has 1 N–H and O–H groups in total. The zero-order valence-corrected chi connectivity index (χ0v) is 8.68. The van der Waals surface area contributed by atoms with Gasteiger partial charge in [0.25, 0.3) is 0 Å². The molecule has 0 bridgehead atoms. The van der Waals surface area contributed by atoms with Crippen molar-refractivity contribution < 1.29 is 13.5 Å². The second-order valence-corrected chi connectivity index (χ2v) is 3.64. The van der Waals surface area contributed by atoms with Crippen molar-refractivity contribution in [3.63, 3.8) is 0 Å². The normalized spacial score (nSPS) is 23.7. The monoisotopic (exact) mass is 213 g/mol. The number of hydrogen-bond donors (Lipinski definition) is 1. The van der Waals surface area contributed by atoms with E-state index in [4.69, 9.17) is 4.74 Å². The maximum atomic E-state index is 13.4. The summed E-state index contributed by atoms with van der Waals surface area (Å²) >= 11 is 0. The summed E-state index contributed by atoms with van der Waals surface area (Å²) in [5, 5.41) is 3.02. The van der Waals surface area contributed by atoms with Gasteiger partial charge in [-0.05, 0) is 19.5 Å². The van der Waals surface area contributed by atoms with Crippen molar-refractivity contribution in [2.45, 2.75) is 25.5 Å². The van der Waals surface area contributed by atoms with Gasteiger partial charge in [0.05, 0.1) is 6.04 Å². The summed E-state index contributed by atoms with van der Waals surface area (Å²) in [6.07, 6.45) is 0.627. The van der Waals surface area contributed by atoms with E-state index in [0.717, 1.165) is 12.5 Å². The lowest BCUT2D eigenvalue weighted by Crippen LogP contribution is -2.27. The van der Waals surface area contributed by atoms with Crippen molar-refractivity contribution in [1.29, 1.82) is 0 Å². The molecule has 0 fully saturated rings. The molecule has 15 heavy (non-hydrogen) atoms. The Hall–Kier alpha value is -1.16. The van der Waals surface area contributed by atoms with Crippen molar-refractivity contribution in [2.75, 3.05) is 7.05 Å². The van der Waals surface area contributed by atoms with Crippen LogP contribution in [0.4, 0.5) is 8.78 Å². The first-order valence-corrected chi connectivity index (χ1v) is 5.00. The Morgan fingerprint density at radius 3 is 2.73 bits per heavy atom. The quantitative estimate of drug-likeness (QED) is 0.814. The number of likely N-dealkylation sites (N-methyl/N-ethyl adjacent to an activating group) is 1. The number of hydrogen-bond acceptors (Lipinski definition) is 2. The minimum Gasteiger partial charge on any atom is -0.485 e. The molecule has 0 aromatic heterocycles. The second kappa shape index (κ2) is 3.77. The number of nitrogens with one attached hydrogen (secondary N) is 1. The van der Waals surface area contributed by atoms with E-state index >= 15 is 0 Å². The SMILES string of the molecule is CCC1Oc2c(F)cc(F)cc2C1NC. The second-order valence-electron chi connectivity index (χ2n) is 3.64. The first kappa shape index (κ1) is 10.4. The number of rotatable bonds is 2. The molecule has 1 aliphatic heterocycles. The molecule has 82 valence electrons. The predicted octanol–water partition coefficient (Wildman–Crippen LogP) is 2.40. The first-order valence-electron chi connectivity index (χ1n) is 5.00. The van der Waals surface area contributed by atoms with Crippen LogP contribution in [0.5, 0.6) is 5.75 Å². The van der Waals surface area contributed by atoms with E-state index in [1.54, 1.807) is 7.05 Å². The van der Waals surface area contributed by atoms with E-state index < -0.39 is 11.6 Å². The fourth-order valence-electron chi connectivity index (χ4n) is 2.02. The van der Waals surface area contributed by atoms with Gasteiger partial charge in [0.2, 0.25) is 0 Å². The van der Waals surface area contributed by atoms with Gasteiger partial charge in [-0.15, -0.1) is 0 Å². The van der Waals surface area contributed by atoms with Crippen LogP contribution in [0.2, 0.25) is 0 Å². The van der Waals surface area contributed by atoms with Gasteiger partial charge in [-0.3, -0.25) is 0 Å². The smallest absolute Gasteiger partial charge is 0.168 e. The van der Waals surface area contributed by atoms with Crippen molar-refractivity contribution in [3.05, 3.63) is 29.3 Å². The van der Waals surface area contributed by atoms with Crippen LogP contribution in [0.25, 0.3) is 0 Å². The molecule has 0 saturated carbocycles. The van der Waals surface area contributed by atoms with Gasteiger partial charge >= 0.3 is 0 Å². The van der Waals surface area contributed by atoms with Gasteiger partial charge in [0.1, 0.15) is 11.9 Å². The number of fused-ring (bicyclic) bond motifs is 1. The zero-order valence-electron chi connectivity index (χ0n) is 8.68. The highest BCUT2D eigenvalue weighted by Crippen LogP contribution is 2.39. The molecule has 1 aromatic carbocycles. The van der Waals surface area contributed by atoms with Gasteiger partial charge in [-0.25, -0.2) is 8.78 Å². The van der Waals surface area contributed by atoms with Gasteiger partial charge < -0.3 is 10.1 Å². The van der Waals surface area contributed by atoms with Gasteiger partial charge in [0, 0.05) is 11.6 Å². The average molecular weight is 213 g/mol. The number of halogens is 2. The van der Waals surface area contributed by atoms with Crippen LogP contribution in [0.15, 0.2) is 12.1 Å². The molecule has 0 saturated heterocycles. The average Bonchev–Trinajstić information content (AvgIpc) is 2.55. The molecule has 2 unspecified atom stereocenters. The minimum absolute atomic E-state index is 0.124. The van der Waals surface area contributed by atoms with E-state index in [0.29, 0.717) is 5.56 Å². The Bertz CT molecular complexity index is 381. The summed E-state index contributed by atoms with van der Waals surface area (Å²) < 4.78 is 31.9. The molecule has 0 spiro atoms. The van der Waals surface area contributed by atoms with Gasteiger partial charge in [-0.2, -0.15) is 0 Å². The summed E-state index contributed by atoms with van der Waals surface area (Å²) in [4.78, 5) is 0. The standard InChI is InChI=1S/C11H13F2NO/c1-3-9-10(14-2)7-4-6(12)5-8(13)11(7)15-9/h4-5,9-10,14H,3H2,1-2H3. The molecule has 0 amide bonds. The lowest BCUT2D eigenvalue weighted by Gasteiger charge is -2.15. The van der Waals surface area contributed by atoms with Crippen LogP contribution >= 0.6 is 0 Å². The maximum Gasteiger partial charge on any atom is 0.168 e. The van der Waals surface area contributed by atoms with E-state index in [1.807, 2.05) is 6.92 Å². The summed E-state index contributed by atoms with van der Waals surface area (Å²) in [5.41, 5.74) is 0.571. The Balaban J connectivity index is 2.47. The van der Waals surface area contributed by atoms with Crippen LogP contribution in [-0.4, -0.2) is 13.2 Å². The highest BCUT2D eigenvalue weighted by molar-refractivity contribution is 5.42. The van der Waals surface area contributed by atoms with Crippen LogP contribution in [0.3, 0.4) is 0 Å². The van der Waals surface area contributed by atoms with Crippen molar-refractivity contribution in [3.8, 4) is 5.75 Å². The van der Waals surface area contributed by atoms with Gasteiger partial charge in [-0.1, -0.05) is 6.92 Å². The third-order valence-corrected chi connectivity index (χ3v) is 2.73. The molecule has 4 heteroatoms. The third kappa shape index (κ3) is 1.59. The number of ether oxygens (including phenoxy) is 1. The Morgan fingerprint density at radius 2 is 2.13 bits per heavy atom. The molecule has 2 atom stereocenters. The number of benzene rings is 1. The molecule has 1 aliphatic rings. The van der Waals surface area contributed by atoms with Crippen LogP contribution in [0.1, 0.15) is 24.9 Å². The fraction of sp³-hybridized carbons (Fsp3) is 0.455. The highest BCUT2D eigenvalue weighted by atomic mass is 19.1. The van der Waals surface area contributed by atoms with Crippen molar-refractivity contribution in [1.82, 2.24) is 5.32 Å². The van der Waals surface area contributed by atoms with Gasteiger partial charge in [0.15, 0.2) is 11.6 Å². The lowest BCUT2D eigenvalue weighted by molar-refractivity contribution is 0.183. The largest absolute Gasteiger partial charge is 0.485 e. The Labute approximate surface area is 87.2 Å². The molecule has 2 nitrogen and oxygen atoms in total. The summed E-state index contributed by atoms with van der Waals surface area (Å²) in [6.45, 7) is 1.95. The van der Waals surface area contributed by atoms with Crippen LogP contribution < -0.4 is 10.1 Å². The molecule has 1 heterocycles. The highest BCUT2D eigenvalue weighted by Gasteiger charge is 2.34. The molecular weight excluding hydrogens is 200 g/mol. The molecule has 2 rings (SSSR count). The molecule has 0 radical (unpaired) electrons. The Morgan fingerprint density at radius 1 is 1.40 bits per heavy atom. The van der Waals surface area contributed by atoms with E-state index in [2.05, 4.69) is 5.32 Å². The molecular formula is C11H13F2NO. The molecule has 1 aromatic rings. The summed E-state index contributed by atoms with van der Waals surface area (Å²) in [6, 6.07) is 2.05. The lowest BCUT2D eigenvalue weighted by atomic mass is 10.0. The van der Waals surface area contributed by atoms with E-state index in [-0.39, 0.29) is 17.9 Å². The predicted molar refractivity (Wildman–Crippen MR) is 52.9 cm³/mol. The van der Waals surface area contributed by atoms with E-state index in [1.165, 1.54) is 6.07 Å². The van der Waals surface area contributed by atoms with Crippen molar-refractivity contribution in [2.24, 2.45) is 0 Å². The Kier molecular flexibility index (Phi) is 2.61. The minimum atomic E-state index is -0.624. The van der Waals surface area contributed by atoms with Crippen LogP contribution in [-0.2, 0) is 0 Å². The van der Waals surface area contributed by atoms with E-state index in [9.17, 15) is 8.78 Å². The maximum absolute atomic E-state index is 13.4. The van der Waals surface area contributed by atoms with Crippen molar-refractivity contribution >= 4 is 0 Å². The summed E-state index contributed by atoms with van der Waals surface area (Å²) in [7, 11) is 1.76.